The van der Waals surface area contributed by atoms with Gasteiger partial charge in [-0.2, -0.15) is 0 Å². The van der Waals surface area contributed by atoms with Crippen LogP contribution in [0.2, 0.25) is 0 Å². The number of nitrogens with zero attached hydrogens (tertiary/aromatic N) is 1. The Morgan fingerprint density at radius 3 is 2.64 bits per heavy atom. The number of para-hydroxylation sites is 1. The van der Waals surface area contributed by atoms with E-state index in [1.807, 2.05) is 0 Å². The molecule has 1 aliphatic carbocycles. The molecule has 1 amide bonds. The molecule has 0 aromatic heterocycles. The number of carbonyl (C=O) groups is 1. The van der Waals surface area contributed by atoms with Gasteiger partial charge in [-0.3, -0.25) is 4.79 Å². The van der Waals surface area contributed by atoms with Crippen LogP contribution < -0.4 is 10.5 Å². The molecule has 1 aromatic rings. The van der Waals surface area contributed by atoms with Gasteiger partial charge in [0.25, 0.3) is 0 Å². The van der Waals surface area contributed by atoms with Gasteiger partial charge in [-0.25, -0.2) is 0 Å². The molecule has 0 aliphatic heterocycles. The van der Waals surface area contributed by atoms with Crippen LogP contribution >= 0.6 is 0 Å². The second-order valence-corrected chi connectivity index (χ2v) is 5.62. The Morgan fingerprint density at radius 1 is 1.36 bits per heavy atom. The number of amides is 1. The summed E-state index contributed by atoms with van der Waals surface area (Å²) in [4.78, 5) is 13.7. The van der Waals surface area contributed by atoms with Crippen LogP contribution in [-0.2, 0) is 11.3 Å². The van der Waals surface area contributed by atoms with Gasteiger partial charge in [0.15, 0.2) is 0 Å². The molecule has 4 nitrogen and oxygen atoms in total. The van der Waals surface area contributed by atoms with Crippen molar-refractivity contribution in [3.8, 4) is 5.75 Å². The Kier molecular flexibility index (Phi) is 4.95. The predicted octanol–water partition coefficient (Wildman–Crippen LogP) is 2.67. The minimum absolute atomic E-state index is 0.0307. The average Bonchev–Trinajstić information content (AvgIpc) is 2.85. The normalized spacial score (nSPS) is 21.7. The topological polar surface area (TPSA) is 55.6 Å². The summed E-state index contributed by atoms with van der Waals surface area (Å²) in [7, 11) is 1.58. The number of carbonyl (C=O) groups excluding carboxylic acids is 1. The lowest BCUT2D eigenvalue weighted by Crippen LogP contribution is -2.32. The van der Waals surface area contributed by atoms with Crippen molar-refractivity contribution in [2.75, 3.05) is 7.05 Å². The number of benzene rings is 1. The highest BCUT2D eigenvalue weighted by Crippen LogP contribution is 2.29. The average molecular weight is 316 g/mol. The summed E-state index contributed by atoms with van der Waals surface area (Å²) >= 11 is 0. The number of nitrogens with two attached hydrogens (primary N) is 1. The molecule has 0 unspecified atom stereocenters. The lowest BCUT2D eigenvalue weighted by Gasteiger charge is -2.22. The van der Waals surface area contributed by atoms with E-state index in [0.29, 0.717) is 12.0 Å². The minimum atomic E-state index is -4.75. The maximum absolute atomic E-state index is 12.4. The van der Waals surface area contributed by atoms with Gasteiger partial charge < -0.3 is 15.4 Å². The third kappa shape index (κ3) is 4.37. The molecular weight excluding hydrogens is 297 g/mol. The molecule has 1 aliphatic rings. The number of hydrogen-bond acceptors (Lipinski definition) is 3. The van der Waals surface area contributed by atoms with E-state index in [-0.39, 0.29) is 30.2 Å². The fourth-order valence-electron chi connectivity index (χ4n) is 2.74. The number of rotatable bonds is 4. The lowest BCUT2D eigenvalue weighted by atomic mass is 10.1. The monoisotopic (exact) mass is 316 g/mol. The van der Waals surface area contributed by atoms with Gasteiger partial charge in [-0.1, -0.05) is 18.2 Å². The van der Waals surface area contributed by atoms with Gasteiger partial charge in [0.1, 0.15) is 5.75 Å². The zero-order valence-electron chi connectivity index (χ0n) is 12.3. The van der Waals surface area contributed by atoms with Gasteiger partial charge in [-0.15, -0.1) is 13.2 Å². The number of alkyl halides is 3. The smallest absolute Gasteiger partial charge is 0.405 e. The summed E-state index contributed by atoms with van der Waals surface area (Å²) in [6.45, 7) is 0.0663. The summed E-state index contributed by atoms with van der Waals surface area (Å²) in [5.74, 6) is -0.511. The molecule has 1 saturated carbocycles. The predicted molar refractivity (Wildman–Crippen MR) is 74.9 cm³/mol. The largest absolute Gasteiger partial charge is 0.573 e. The third-order valence-corrected chi connectivity index (χ3v) is 3.80. The highest BCUT2D eigenvalue weighted by atomic mass is 19.4. The minimum Gasteiger partial charge on any atom is -0.405 e. The van der Waals surface area contributed by atoms with E-state index < -0.39 is 6.36 Å². The molecule has 0 heterocycles. The Hall–Kier alpha value is -1.76. The van der Waals surface area contributed by atoms with Crippen molar-refractivity contribution in [2.24, 2.45) is 11.7 Å². The van der Waals surface area contributed by atoms with Crippen LogP contribution in [0.15, 0.2) is 24.3 Å². The number of halogens is 3. The van der Waals surface area contributed by atoms with E-state index in [9.17, 15) is 18.0 Å². The standard InChI is InChI=1S/C15H19F3N2O2/c1-20(14(21)10-6-7-12(19)8-10)9-11-4-2-3-5-13(11)22-15(16,17)18/h2-5,10,12H,6-9,19H2,1H3/t10-,12+/m1/s1. The second kappa shape index (κ2) is 6.56. The van der Waals surface area contributed by atoms with Crippen LogP contribution in [0, 0.1) is 5.92 Å². The fourth-order valence-corrected chi connectivity index (χ4v) is 2.74. The van der Waals surface area contributed by atoms with Gasteiger partial charge in [-0.05, 0) is 25.3 Å². The van der Waals surface area contributed by atoms with E-state index in [1.165, 1.54) is 23.1 Å². The Labute approximate surface area is 127 Å². The zero-order chi connectivity index (χ0) is 16.3. The molecule has 22 heavy (non-hydrogen) atoms. The van der Waals surface area contributed by atoms with Crippen molar-refractivity contribution in [2.45, 2.75) is 38.2 Å². The van der Waals surface area contributed by atoms with Crippen LogP contribution in [0.4, 0.5) is 13.2 Å². The number of hydrogen-bond donors (Lipinski definition) is 1. The van der Waals surface area contributed by atoms with E-state index in [4.69, 9.17) is 5.73 Å². The first-order valence-electron chi connectivity index (χ1n) is 7.10. The molecule has 1 aromatic carbocycles. The quantitative estimate of drug-likeness (QED) is 0.929. The molecule has 1 fully saturated rings. The molecule has 122 valence electrons. The van der Waals surface area contributed by atoms with Crippen molar-refractivity contribution in [1.29, 1.82) is 0 Å². The molecular formula is C15H19F3N2O2. The molecule has 0 radical (unpaired) electrons. The molecule has 2 atom stereocenters. The Balaban J connectivity index is 2.05. The van der Waals surface area contributed by atoms with Crippen LogP contribution in [0.3, 0.4) is 0 Å². The van der Waals surface area contributed by atoms with E-state index in [0.717, 1.165) is 12.8 Å². The Morgan fingerprint density at radius 2 is 2.05 bits per heavy atom. The maximum Gasteiger partial charge on any atom is 0.573 e. The fraction of sp³-hybridized carbons (Fsp3) is 0.533. The van der Waals surface area contributed by atoms with E-state index in [2.05, 4.69) is 4.74 Å². The highest BCUT2D eigenvalue weighted by molar-refractivity contribution is 5.79. The summed E-state index contributed by atoms with van der Waals surface area (Å²) < 4.78 is 41.2. The van der Waals surface area contributed by atoms with E-state index >= 15 is 0 Å². The van der Waals surface area contributed by atoms with Crippen molar-refractivity contribution < 1.29 is 22.7 Å². The van der Waals surface area contributed by atoms with Crippen LogP contribution in [-0.4, -0.2) is 30.3 Å². The van der Waals surface area contributed by atoms with Gasteiger partial charge in [0.05, 0.1) is 0 Å². The first-order chi connectivity index (χ1) is 10.3. The summed E-state index contributed by atoms with van der Waals surface area (Å²) in [6.07, 6.45) is -2.59. The summed E-state index contributed by atoms with van der Waals surface area (Å²) in [5, 5.41) is 0. The van der Waals surface area contributed by atoms with Crippen LogP contribution in [0.5, 0.6) is 5.75 Å². The molecule has 0 spiro atoms. The molecule has 0 bridgehead atoms. The van der Waals surface area contributed by atoms with Gasteiger partial charge in [0, 0.05) is 31.1 Å². The summed E-state index contributed by atoms with van der Waals surface area (Å²) in [6, 6.07) is 5.87. The van der Waals surface area contributed by atoms with E-state index in [1.54, 1.807) is 13.1 Å². The molecule has 7 heteroatoms. The van der Waals surface area contributed by atoms with Crippen molar-refractivity contribution in [3.63, 3.8) is 0 Å². The first kappa shape index (κ1) is 16.6. The van der Waals surface area contributed by atoms with Crippen molar-refractivity contribution in [1.82, 2.24) is 4.90 Å². The second-order valence-electron chi connectivity index (χ2n) is 5.62. The summed E-state index contributed by atoms with van der Waals surface area (Å²) in [5.41, 5.74) is 6.11. The lowest BCUT2D eigenvalue weighted by molar-refractivity contribution is -0.275. The highest BCUT2D eigenvalue weighted by Gasteiger charge is 2.33. The maximum atomic E-state index is 12.4. The zero-order valence-corrected chi connectivity index (χ0v) is 12.3. The number of ether oxygens (including phenoxy) is 1. The molecule has 2 N–H and O–H groups in total. The van der Waals surface area contributed by atoms with Crippen LogP contribution in [0.25, 0.3) is 0 Å². The SMILES string of the molecule is CN(Cc1ccccc1OC(F)(F)F)C(=O)[C@@H]1CC[C@H](N)C1. The van der Waals surface area contributed by atoms with Gasteiger partial charge in [0.2, 0.25) is 5.91 Å². The van der Waals surface area contributed by atoms with Crippen LogP contribution in [0.1, 0.15) is 24.8 Å². The van der Waals surface area contributed by atoms with Crippen molar-refractivity contribution in [3.05, 3.63) is 29.8 Å². The Bertz CT molecular complexity index is 534. The molecule has 2 rings (SSSR count). The first-order valence-corrected chi connectivity index (χ1v) is 7.10. The van der Waals surface area contributed by atoms with Gasteiger partial charge >= 0.3 is 6.36 Å². The third-order valence-electron chi connectivity index (χ3n) is 3.80. The molecule has 0 saturated heterocycles. The van der Waals surface area contributed by atoms with Crippen molar-refractivity contribution >= 4 is 5.91 Å².